The van der Waals surface area contributed by atoms with Gasteiger partial charge in [0, 0.05) is 19.0 Å². The molecule has 0 saturated carbocycles. The number of ketones is 1. The van der Waals surface area contributed by atoms with Crippen LogP contribution in [0.15, 0.2) is 15.7 Å². The minimum Gasteiger partial charge on any atom is -0.453 e. The summed E-state index contributed by atoms with van der Waals surface area (Å²) in [6.45, 7) is 3.45. The van der Waals surface area contributed by atoms with E-state index in [-0.39, 0.29) is 11.4 Å². The highest BCUT2D eigenvalue weighted by molar-refractivity contribution is 7.14. The molecule has 0 aliphatic rings. The molecule has 9 heteroatoms. The number of aryl methyl sites for hydroxylation is 2. The van der Waals surface area contributed by atoms with Crippen LogP contribution >= 0.6 is 11.3 Å². The zero-order valence-corrected chi connectivity index (χ0v) is 16.6. The summed E-state index contributed by atoms with van der Waals surface area (Å²) in [4.78, 5) is 50.2. The van der Waals surface area contributed by atoms with Gasteiger partial charge < -0.3 is 10.5 Å². The highest BCUT2D eigenvalue weighted by atomic mass is 32.1. The molecule has 0 atom stereocenters. The monoisotopic (exact) mass is 393 g/mol. The molecule has 2 aromatic heterocycles. The third-order valence-corrected chi connectivity index (χ3v) is 5.50. The molecule has 0 aliphatic heterocycles. The fourth-order valence-corrected chi connectivity index (χ4v) is 3.95. The zero-order valence-electron chi connectivity index (χ0n) is 15.8. The number of hydrogen-bond donors (Lipinski definition) is 1. The van der Waals surface area contributed by atoms with Crippen LogP contribution in [0.4, 0.5) is 5.82 Å². The predicted octanol–water partition coefficient (Wildman–Crippen LogP) is 1.28. The lowest BCUT2D eigenvalue weighted by atomic mass is 10.1. The van der Waals surface area contributed by atoms with Gasteiger partial charge in [0.2, 0.25) is 5.78 Å². The van der Waals surface area contributed by atoms with Crippen LogP contribution in [0.25, 0.3) is 0 Å². The molecule has 0 unspecified atom stereocenters. The molecule has 0 spiro atoms. The lowest BCUT2D eigenvalue weighted by Crippen LogP contribution is -2.42. The number of ether oxygens (including phenoxy) is 1. The third-order valence-electron chi connectivity index (χ3n) is 4.28. The van der Waals surface area contributed by atoms with E-state index in [2.05, 4.69) is 6.92 Å². The maximum Gasteiger partial charge on any atom is 0.348 e. The number of nitrogens with two attached hydrogens (primary N) is 1. The average Bonchev–Trinajstić information content (AvgIpc) is 3.06. The summed E-state index contributed by atoms with van der Waals surface area (Å²) < 4.78 is 6.87. The van der Waals surface area contributed by atoms with Crippen LogP contribution in [0, 0.1) is 0 Å². The molecule has 0 aliphatic carbocycles. The molecule has 2 aromatic rings. The van der Waals surface area contributed by atoms with Crippen LogP contribution in [0.1, 0.15) is 50.7 Å². The summed E-state index contributed by atoms with van der Waals surface area (Å²) in [5.41, 5.74) is 5.02. The van der Waals surface area contributed by atoms with Gasteiger partial charge in [0.25, 0.3) is 5.56 Å². The number of esters is 1. The molecule has 0 bridgehead atoms. The first-order valence-corrected chi connectivity index (χ1v) is 9.41. The van der Waals surface area contributed by atoms with E-state index in [9.17, 15) is 19.2 Å². The molecule has 8 nitrogen and oxygen atoms in total. The van der Waals surface area contributed by atoms with Gasteiger partial charge in [0.15, 0.2) is 6.61 Å². The quantitative estimate of drug-likeness (QED) is 0.560. The first-order chi connectivity index (χ1) is 12.7. The highest BCUT2D eigenvalue weighted by Gasteiger charge is 2.22. The average molecular weight is 393 g/mol. The normalized spacial score (nSPS) is 10.8. The van der Waals surface area contributed by atoms with E-state index >= 15 is 0 Å². The summed E-state index contributed by atoms with van der Waals surface area (Å²) >= 11 is 1.36. The Morgan fingerprint density at radius 3 is 2.44 bits per heavy atom. The van der Waals surface area contributed by atoms with Crippen molar-refractivity contribution in [2.45, 2.75) is 33.1 Å². The van der Waals surface area contributed by atoms with E-state index in [1.165, 1.54) is 25.4 Å². The van der Waals surface area contributed by atoms with Crippen molar-refractivity contribution < 1.29 is 14.3 Å². The molecule has 2 rings (SSSR count). The van der Waals surface area contributed by atoms with Gasteiger partial charge in [-0.3, -0.25) is 18.7 Å². The van der Waals surface area contributed by atoms with Crippen molar-refractivity contribution >= 4 is 28.9 Å². The number of thiophene rings is 1. The van der Waals surface area contributed by atoms with Gasteiger partial charge in [-0.05, 0) is 24.5 Å². The van der Waals surface area contributed by atoms with E-state index in [4.69, 9.17) is 10.5 Å². The highest BCUT2D eigenvalue weighted by Crippen LogP contribution is 2.25. The summed E-state index contributed by atoms with van der Waals surface area (Å²) in [7, 11) is 2.60. The maximum absolute atomic E-state index is 12.4. The fraction of sp³-hybridized carbons (Fsp3) is 0.444. The van der Waals surface area contributed by atoms with Crippen molar-refractivity contribution in [1.29, 1.82) is 0 Å². The lowest BCUT2D eigenvalue weighted by molar-refractivity contribution is 0.0479. The van der Waals surface area contributed by atoms with Crippen LogP contribution in [0.2, 0.25) is 0 Å². The number of carbonyl (C=O) groups is 2. The Hall–Kier alpha value is -2.68. The van der Waals surface area contributed by atoms with E-state index in [1.54, 1.807) is 6.07 Å². The third kappa shape index (κ3) is 4.02. The van der Waals surface area contributed by atoms with Crippen molar-refractivity contribution in [2.75, 3.05) is 12.3 Å². The van der Waals surface area contributed by atoms with Crippen LogP contribution in [0.5, 0.6) is 0 Å². The minimum atomic E-state index is -0.814. The van der Waals surface area contributed by atoms with Gasteiger partial charge in [-0.25, -0.2) is 9.59 Å². The standard InChI is InChI=1S/C18H23N3O5S/c1-5-7-12-10(6-2)8-13(27-12)17(24)26-9-11(22)14-15(19)20(3)18(25)21(4)16(14)23/h8H,5-7,9,19H2,1-4H3. The van der Waals surface area contributed by atoms with E-state index < -0.39 is 29.6 Å². The van der Waals surface area contributed by atoms with Gasteiger partial charge >= 0.3 is 11.7 Å². The Labute approximate surface area is 160 Å². The number of nitrogen functional groups attached to an aromatic ring is 1. The molecule has 2 heterocycles. The van der Waals surface area contributed by atoms with Crippen LogP contribution < -0.4 is 17.0 Å². The van der Waals surface area contributed by atoms with Crippen LogP contribution in [-0.4, -0.2) is 27.5 Å². The Kier molecular flexibility index (Phi) is 6.37. The van der Waals surface area contributed by atoms with Gasteiger partial charge in [0.1, 0.15) is 16.3 Å². The van der Waals surface area contributed by atoms with Crippen LogP contribution in [-0.2, 0) is 31.7 Å². The zero-order chi connectivity index (χ0) is 20.3. The van der Waals surface area contributed by atoms with Crippen LogP contribution in [0.3, 0.4) is 0 Å². The smallest absolute Gasteiger partial charge is 0.348 e. The van der Waals surface area contributed by atoms with E-state index in [1.807, 2.05) is 6.92 Å². The maximum atomic E-state index is 12.4. The summed E-state index contributed by atoms with van der Waals surface area (Å²) in [5, 5.41) is 0. The minimum absolute atomic E-state index is 0.251. The van der Waals surface area contributed by atoms with E-state index in [0.717, 1.165) is 38.8 Å². The van der Waals surface area contributed by atoms with Gasteiger partial charge in [-0.2, -0.15) is 0 Å². The first kappa shape index (κ1) is 20.6. The van der Waals surface area contributed by atoms with Crippen molar-refractivity contribution in [3.63, 3.8) is 0 Å². The SMILES string of the molecule is CCCc1sc(C(=O)OCC(=O)c2c(N)n(C)c(=O)n(C)c2=O)cc1CC. The molecular weight excluding hydrogens is 370 g/mol. The largest absolute Gasteiger partial charge is 0.453 e. The number of hydrogen-bond acceptors (Lipinski definition) is 7. The molecule has 0 fully saturated rings. The van der Waals surface area contributed by atoms with Gasteiger partial charge in [0.05, 0.1) is 0 Å². The number of aromatic nitrogens is 2. The number of anilines is 1. The van der Waals surface area contributed by atoms with Crippen molar-refractivity contribution in [1.82, 2.24) is 9.13 Å². The van der Waals surface area contributed by atoms with Crippen molar-refractivity contribution in [3.8, 4) is 0 Å². The van der Waals surface area contributed by atoms with Crippen molar-refractivity contribution in [3.05, 3.63) is 47.8 Å². The Bertz CT molecular complexity index is 1000. The molecular formula is C18H23N3O5S. The number of rotatable bonds is 7. The number of Topliss-reactive ketones (excluding diaryl/α,β-unsaturated/α-hetero) is 1. The second-order valence-electron chi connectivity index (χ2n) is 6.13. The summed E-state index contributed by atoms with van der Waals surface area (Å²) in [6.07, 6.45) is 2.66. The second kappa shape index (κ2) is 8.34. The molecule has 2 N–H and O–H groups in total. The van der Waals surface area contributed by atoms with Crippen molar-refractivity contribution in [2.24, 2.45) is 14.1 Å². The van der Waals surface area contributed by atoms with E-state index in [0.29, 0.717) is 4.88 Å². The lowest BCUT2D eigenvalue weighted by Gasteiger charge is -2.10. The Balaban J connectivity index is 2.20. The molecule has 0 aromatic carbocycles. The molecule has 0 amide bonds. The Morgan fingerprint density at radius 2 is 1.85 bits per heavy atom. The second-order valence-corrected chi connectivity index (χ2v) is 7.26. The number of carbonyl (C=O) groups excluding carboxylic acids is 2. The Morgan fingerprint density at radius 1 is 1.19 bits per heavy atom. The topological polar surface area (TPSA) is 113 Å². The predicted molar refractivity (Wildman–Crippen MR) is 104 cm³/mol. The summed E-state index contributed by atoms with van der Waals surface area (Å²) in [5.74, 6) is -1.62. The number of nitrogens with zero attached hydrogens (tertiary/aromatic N) is 2. The molecule has 0 radical (unpaired) electrons. The molecule has 146 valence electrons. The summed E-state index contributed by atoms with van der Waals surface area (Å²) in [6, 6.07) is 1.78. The molecule has 27 heavy (non-hydrogen) atoms. The molecule has 0 saturated heterocycles. The van der Waals surface area contributed by atoms with Gasteiger partial charge in [-0.15, -0.1) is 11.3 Å². The fourth-order valence-electron chi connectivity index (χ4n) is 2.70. The van der Waals surface area contributed by atoms with Gasteiger partial charge in [-0.1, -0.05) is 20.3 Å². The first-order valence-electron chi connectivity index (χ1n) is 8.60.